The van der Waals surface area contributed by atoms with E-state index in [1.54, 1.807) is 12.1 Å². The number of nitrogens with two attached hydrogens (primary N) is 1. The molecular formula is C27H31N3O. The van der Waals surface area contributed by atoms with Crippen molar-refractivity contribution in [3.05, 3.63) is 88.2 Å². The molecule has 0 radical (unpaired) electrons. The fourth-order valence-corrected chi connectivity index (χ4v) is 4.48. The first kappa shape index (κ1) is 21.1. The molecule has 0 atom stereocenters. The molecule has 1 aromatic heterocycles. The highest BCUT2D eigenvalue weighted by molar-refractivity contribution is 5.93. The van der Waals surface area contributed by atoms with Crippen molar-refractivity contribution in [2.45, 2.75) is 57.9 Å². The van der Waals surface area contributed by atoms with Crippen molar-refractivity contribution in [3.63, 3.8) is 0 Å². The third-order valence-electron chi connectivity index (χ3n) is 6.65. The second-order valence-corrected chi connectivity index (χ2v) is 9.89. The molecule has 0 fully saturated rings. The number of nitrogens with zero attached hydrogens (tertiary/aromatic N) is 2. The fraction of sp³-hybridized carbons (Fsp3) is 0.333. The molecule has 4 nitrogen and oxygen atoms in total. The third-order valence-corrected chi connectivity index (χ3v) is 6.65. The van der Waals surface area contributed by atoms with Gasteiger partial charge in [-0.2, -0.15) is 5.10 Å². The highest BCUT2D eigenvalue weighted by Crippen LogP contribution is 2.46. The lowest BCUT2D eigenvalue weighted by Crippen LogP contribution is -2.34. The number of benzene rings is 2. The Kier molecular flexibility index (Phi) is 5.34. The summed E-state index contributed by atoms with van der Waals surface area (Å²) in [6.07, 6.45) is 10.5. The van der Waals surface area contributed by atoms with Crippen LogP contribution in [-0.2, 0) is 17.4 Å². The second-order valence-electron chi connectivity index (χ2n) is 9.89. The van der Waals surface area contributed by atoms with E-state index in [0.29, 0.717) is 5.56 Å². The van der Waals surface area contributed by atoms with Gasteiger partial charge in [-0.1, -0.05) is 64.1 Å². The van der Waals surface area contributed by atoms with E-state index >= 15 is 0 Å². The van der Waals surface area contributed by atoms with Gasteiger partial charge in [-0.15, -0.1) is 0 Å². The molecule has 160 valence electrons. The Morgan fingerprint density at radius 3 is 2.26 bits per heavy atom. The average molecular weight is 414 g/mol. The summed E-state index contributed by atoms with van der Waals surface area (Å²) in [5.74, 6) is -0.406. The van der Waals surface area contributed by atoms with Crippen molar-refractivity contribution in [1.29, 1.82) is 0 Å². The molecule has 0 unspecified atom stereocenters. The second kappa shape index (κ2) is 7.84. The summed E-state index contributed by atoms with van der Waals surface area (Å²) in [6, 6.07) is 14.1. The first-order valence-corrected chi connectivity index (χ1v) is 10.9. The van der Waals surface area contributed by atoms with Crippen LogP contribution in [-0.4, -0.2) is 15.7 Å². The van der Waals surface area contributed by atoms with Crippen LogP contribution in [0.5, 0.6) is 0 Å². The molecule has 2 aromatic carbocycles. The van der Waals surface area contributed by atoms with Gasteiger partial charge in [0.05, 0.1) is 6.54 Å². The molecular weight excluding hydrogens is 382 g/mol. The number of hydrogen-bond donors (Lipinski definition) is 1. The summed E-state index contributed by atoms with van der Waals surface area (Å²) in [7, 11) is 0. The normalized spacial score (nSPS) is 16.9. The zero-order valence-electron chi connectivity index (χ0n) is 18.9. The van der Waals surface area contributed by atoms with Crippen LogP contribution in [0.2, 0.25) is 0 Å². The van der Waals surface area contributed by atoms with Gasteiger partial charge in [0, 0.05) is 18.0 Å². The molecule has 3 aromatic rings. The van der Waals surface area contributed by atoms with E-state index in [-0.39, 0.29) is 10.8 Å². The van der Waals surface area contributed by atoms with Crippen molar-refractivity contribution < 1.29 is 4.79 Å². The van der Waals surface area contributed by atoms with Crippen molar-refractivity contribution in [3.8, 4) is 0 Å². The van der Waals surface area contributed by atoms with Crippen LogP contribution in [0.4, 0.5) is 0 Å². The first-order valence-electron chi connectivity index (χ1n) is 10.9. The zero-order chi connectivity index (χ0) is 22.2. The highest BCUT2D eigenvalue weighted by Gasteiger charge is 2.37. The third kappa shape index (κ3) is 4.34. The number of primary amides is 1. The molecule has 0 saturated heterocycles. The van der Waals surface area contributed by atoms with Crippen molar-refractivity contribution in [2.24, 2.45) is 5.73 Å². The van der Waals surface area contributed by atoms with Crippen LogP contribution in [0, 0.1) is 0 Å². The Morgan fingerprint density at radius 1 is 1.03 bits per heavy atom. The highest BCUT2D eigenvalue weighted by atomic mass is 16.1. The number of carbonyl (C=O) groups is 1. The average Bonchev–Trinajstić information content (AvgIpc) is 3.23. The number of fused-ring (bicyclic) bond motifs is 1. The van der Waals surface area contributed by atoms with Gasteiger partial charge in [-0.25, -0.2) is 0 Å². The Bertz CT molecular complexity index is 1120. The Balaban J connectivity index is 1.78. The summed E-state index contributed by atoms with van der Waals surface area (Å²) in [4.78, 5) is 11.3. The number of amides is 1. The van der Waals surface area contributed by atoms with Gasteiger partial charge < -0.3 is 5.73 Å². The maximum atomic E-state index is 11.3. The standard InChI is InChI=1S/C27H31N3O/c1-26(2)12-13-27(3,4)24-17-22(18-30-15-5-14-29-30)21(16-23(24)26)11-8-19-6-9-20(10-7-19)25(28)31/h5-11,14-17H,12-13,18H2,1-4H3,(H2,28,31). The van der Waals surface area contributed by atoms with Crippen LogP contribution in [0.1, 0.15) is 78.7 Å². The SMILES string of the molecule is CC1(C)CCC(C)(C)c2cc(Cn3cccn3)c(C=Cc3ccc(C(N)=O)cc3)cc21. The molecule has 0 spiro atoms. The molecule has 1 aliphatic rings. The van der Waals surface area contributed by atoms with Crippen LogP contribution in [0.25, 0.3) is 12.2 Å². The largest absolute Gasteiger partial charge is 0.366 e. The number of aromatic nitrogens is 2. The maximum Gasteiger partial charge on any atom is 0.248 e. The summed E-state index contributed by atoms with van der Waals surface area (Å²) < 4.78 is 1.97. The van der Waals surface area contributed by atoms with Crippen LogP contribution >= 0.6 is 0 Å². The maximum absolute atomic E-state index is 11.3. The van der Waals surface area contributed by atoms with Crippen molar-refractivity contribution >= 4 is 18.1 Å². The minimum Gasteiger partial charge on any atom is -0.366 e. The van der Waals surface area contributed by atoms with Gasteiger partial charge in [0.1, 0.15) is 0 Å². The Morgan fingerprint density at radius 2 is 1.68 bits per heavy atom. The molecule has 4 rings (SSSR count). The summed E-state index contributed by atoms with van der Waals surface area (Å²) in [5, 5.41) is 4.42. The van der Waals surface area contributed by atoms with E-state index in [1.165, 1.54) is 35.1 Å². The molecule has 0 aliphatic heterocycles. The monoisotopic (exact) mass is 413 g/mol. The minimum absolute atomic E-state index is 0.154. The molecule has 1 heterocycles. The zero-order valence-corrected chi connectivity index (χ0v) is 18.9. The number of rotatable bonds is 5. The van der Waals surface area contributed by atoms with Gasteiger partial charge in [-0.05, 0) is 69.7 Å². The van der Waals surface area contributed by atoms with Gasteiger partial charge in [0.2, 0.25) is 5.91 Å². The van der Waals surface area contributed by atoms with E-state index < -0.39 is 5.91 Å². The Labute approximate surface area is 184 Å². The number of hydrogen-bond acceptors (Lipinski definition) is 2. The van der Waals surface area contributed by atoms with Gasteiger partial charge in [0.15, 0.2) is 0 Å². The van der Waals surface area contributed by atoms with E-state index in [2.05, 4.69) is 57.1 Å². The lowest BCUT2D eigenvalue weighted by Gasteiger charge is -2.42. The first-order chi connectivity index (χ1) is 14.7. The lowest BCUT2D eigenvalue weighted by atomic mass is 9.62. The molecule has 1 aliphatic carbocycles. The topological polar surface area (TPSA) is 60.9 Å². The molecule has 0 bridgehead atoms. The summed E-state index contributed by atoms with van der Waals surface area (Å²) in [6.45, 7) is 10.1. The van der Waals surface area contributed by atoms with Crippen LogP contribution in [0.15, 0.2) is 54.9 Å². The van der Waals surface area contributed by atoms with Gasteiger partial charge >= 0.3 is 0 Å². The van der Waals surface area contributed by atoms with E-state index in [1.807, 2.05) is 35.3 Å². The molecule has 2 N–H and O–H groups in total. The quantitative estimate of drug-likeness (QED) is 0.558. The smallest absolute Gasteiger partial charge is 0.248 e. The lowest BCUT2D eigenvalue weighted by molar-refractivity contribution is 0.100. The van der Waals surface area contributed by atoms with Crippen LogP contribution < -0.4 is 5.73 Å². The van der Waals surface area contributed by atoms with E-state index in [9.17, 15) is 4.79 Å². The van der Waals surface area contributed by atoms with E-state index in [0.717, 1.165) is 12.1 Å². The van der Waals surface area contributed by atoms with Gasteiger partial charge in [0.25, 0.3) is 0 Å². The summed E-state index contributed by atoms with van der Waals surface area (Å²) in [5.41, 5.74) is 12.6. The molecule has 31 heavy (non-hydrogen) atoms. The molecule has 4 heteroatoms. The van der Waals surface area contributed by atoms with Gasteiger partial charge in [-0.3, -0.25) is 9.48 Å². The van der Waals surface area contributed by atoms with Crippen LogP contribution in [0.3, 0.4) is 0 Å². The predicted molar refractivity (Wildman–Crippen MR) is 127 cm³/mol. The summed E-state index contributed by atoms with van der Waals surface area (Å²) >= 11 is 0. The molecule has 0 saturated carbocycles. The predicted octanol–water partition coefficient (Wildman–Crippen LogP) is 5.55. The molecule has 1 amide bonds. The van der Waals surface area contributed by atoms with Crippen molar-refractivity contribution in [2.75, 3.05) is 0 Å². The minimum atomic E-state index is -0.406. The van der Waals surface area contributed by atoms with Crippen molar-refractivity contribution in [1.82, 2.24) is 9.78 Å². The van der Waals surface area contributed by atoms with E-state index in [4.69, 9.17) is 5.73 Å². The fourth-order valence-electron chi connectivity index (χ4n) is 4.48. The Hall–Kier alpha value is -3.14. The number of carbonyl (C=O) groups excluding carboxylic acids is 1.